The van der Waals surface area contributed by atoms with Crippen LogP contribution >= 0.6 is 0 Å². The van der Waals surface area contributed by atoms with E-state index in [4.69, 9.17) is 0 Å². The Morgan fingerprint density at radius 1 is 1.17 bits per heavy atom. The summed E-state index contributed by atoms with van der Waals surface area (Å²) >= 11 is 0. The third kappa shape index (κ3) is 2.13. The second kappa shape index (κ2) is 4.69. The fourth-order valence-electron chi connectivity index (χ4n) is 2.97. The quantitative estimate of drug-likeness (QED) is 0.827. The van der Waals surface area contributed by atoms with Crippen LogP contribution in [0.4, 0.5) is 0 Å². The number of hydrogen-bond acceptors (Lipinski definition) is 2. The highest BCUT2D eigenvalue weighted by atomic mass is 14.9. The summed E-state index contributed by atoms with van der Waals surface area (Å²) in [5, 5.41) is 4.79. The van der Waals surface area contributed by atoms with Crippen molar-refractivity contribution in [3.63, 3.8) is 0 Å². The predicted molar refractivity (Wildman–Crippen MR) is 76.1 cm³/mol. The van der Waals surface area contributed by atoms with Gasteiger partial charge in [-0.05, 0) is 62.4 Å². The molecule has 94 valence electrons. The van der Waals surface area contributed by atoms with Crippen LogP contribution in [0.3, 0.4) is 0 Å². The van der Waals surface area contributed by atoms with Crippen molar-refractivity contribution in [3.8, 4) is 0 Å². The molecule has 0 aliphatic carbocycles. The molecule has 1 atom stereocenters. The lowest BCUT2D eigenvalue weighted by Gasteiger charge is -2.24. The van der Waals surface area contributed by atoms with Crippen LogP contribution in [0, 0.1) is 13.8 Å². The number of pyridine rings is 1. The van der Waals surface area contributed by atoms with Crippen molar-refractivity contribution in [2.24, 2.45) is 0 Å². The van der Waals surface area contributed by atoms with Crippen molar-refractivity contribution in [3.05, 3.63) is 41.1 Å². The molecule has 2 nitrogen and oxygen atoms in total. The van der Waals surface area contributed by atoms with E-state index in [-0.39, 0.29) is 0 Å². The standard InChI is InChI=1S/C16H20N2/c1-11-6-14-7-12(2)9-18-16(14)15(8-11)13-4-3-5-17-10-13/h6-9,13,17H,3-5,10H2,1-2H3/t13-/m1/s1. The first kappa shape index (κ1) is 11.7. The SMILES string of the molecule is Cc1cnc2c([C@@H]3CCCNC3)cc(C)cc2c1. The molecule has 0 unspecified atom stereocenters. The van der Waals surface area contributed by atoms with Crippen LogP contribution in [-0.4, -0.2) is 18.1 Å². The third-order valence-electron chi connectivity index (χ3n) is 3.83. The molecule has 2 heteroatoms. The molecule has 2 aromatic rings. The lowest BCUT2D eigenvalue weighted by atomic mass is 9.88. The predicted octanol–water partition coefficient (Wildman–Crippen LogP) is 3.32. The Kier molecular flexibility index (Phi) is 3.04. The van der Waals surface area contributed by atoms with Crippen LogP contribution in [0.15, 0.2) is 24.4 Å². The molecule has 1 fully saturated rings. The Labute approximate surface area is 108 Å². The number of aryl methyl sites for hydroxylation is 2. The highest BCUT2D eigenvalue weighted by molar-refractivity contribution is 5.83. The van der Waals surface area contributed by atoms with E-state index in [0.717, 1.165) is 13.1 Å². The summed E-state index contributed by atoms with van der Waals surface area (Å²) in [6.07, 6.45) is 4.53. The van der Waals surface area contributed by atoms with Crippen molar-refractivity contribution in [1.29, 1.82) is 0 Å². The lowest BCUT2D eigenvalue weighted by molar-refractivity contribution is 0.463. The van der Waals surface area contributed by atoms with Gasteiger partial charge in [-0.3, -0.25) is 4.98 Å². The zero-order chi connectivity index (χ0) is 12.5. The highest BCUT2D eigenvalue weighted by Crippen LogP contribution is 2.30. The van der Waals surface area contributed by atoms with Crippen LogP contribution in [0.2, 0.25) is 0 Å². The summed E-state index contributed by atoms with van der Waals surface area (Å²) < 4.78 is 0. The molecule has 1 aliphatic rings. The summed E-state index contributed by atoms with van der Waals surface area (Å²) in [6, 6.07) is 6.81. The van der Waals surface area contributed by atoms with E-state index in [9.17, 15) is 0 Å². The molecule has 0 amide bonds. The van der Waals surface area contributed by atoms with Crippen molar-refractivity contribution < 1.29 is 0 Å². The molecule has 1 aromatic carbocycles. The van der Waals surface area contributed by atoms with E-state index >= 15 is 0 Å². The van der Waals surface area contributed by atoms with E-state index in [0.29, 0.717) is 5.92 Å². The molecule has 3 rings (SSSR count). The number of fused-ring (bicyclic) bond motifs is 1. The largest absolute Gasteiger partial charge is 0.316 e. The maximum atomic E-state index is 4.67. The van der Waals surface area contributed by atoms with Gasteiger partial charge in [0.15, 0.2) is 0 Å². The van der Waals surface area contributed by atoms with Gasteiger partial charge in [0.1, 0.15) is 0 Å². The van der Waals surface area contributed by atoms with E-state index < -0.39 is 0 Å². The van der Waals surface area contributed by atoms with Gasteiger partial charge in [-0.1, -0.05) is 11.6 Å². The molecular formula is C16H20N2. The zero-order valence-electron chi connectivity index (χ0n) is 11.2. The Bertz CT molecular complexity index is 563. The van der Waals surface area contributed by atoms with Gasteiger partial charge in [-0.25, -0.2) is 0 Å². The summed E-state index contributed by atoms with van der Waals surface area (Å²) in [7, 11) is 0. The first-order chi connectivity index (χ1) is 8.74. The molecule has 0 spiro atoms. The van der Waals surface area contributed by atoms with Gasteiger partial charge >= 0.3 is 0 Å². The second-order valence-corrected chi connectivity index (χ2v) is 5.48. The average molecular weight is 240 g/mol. The topological polar surface area (TPSA) is 24.9 Å². The zero-order valence-corrected chi connectivity index (χ0v) is 11.2. The van der Waals surface area contributed by atoms with Gasteiger partial charge in [-0.15, -0.1) is 0 Å². The minimum atomic E-state index is 0.622. The van der Waals surface area contributed by atoms with Crippen molar-refractivity contribution in [2.75, 3.05) is 13.1 Å². The number of rotatable bonds is 1. The molecule has 2 heterocycles. The Hall–Kier alpha value is -1.41. The average Bonchev–Trinajstić information content (AvgIpc) is 2.38. The van der Waals surface area contributed by atoms with Gasteiger partial charge < -0.3 is 5.32 Å². The van der Waals surface area contributed by atoms with Crippen LogP contribution in [0.25, 0.3) is 10.9 Å². The summed E-state index contributed by atoms with van der Waals surface area (Å²) in [5.41, 5.74) is 5.20. The van der Waals surface area contributed by atoms with Gasteiger partial charge in [0, 0.05) is 18.1 Å². The third-order valence-corrected chi connectivity index (χ3v) is 3.83. The molecule has 1 saturated heterocycles. The van der Waals surface area contributed by atoms with E-state index in [1.165, 1.54) is 40.4 Å². The monoisotopic (exact) mass is 240 g/mol. The second-order valence-electron chi connectivity index (χ2n) is 5.48. The van der Waals surface area contributed by atoms with Crippen molar-refractivity contribution >= 4 is 10.9 Å². The molecule has 0 bridgehead atoms. The van der Waals surface area contributed by atoms with Gasteiger partial charge in [0.05, 0.1) is 5.52 Å². The Morgan fingerprint density at radius 3 is 2.78 bits per heavy atom. The van der Waals surface area contributed by atoms with Gasteiger partial charge in [0.2, 0.25) is 0 Å². The van der Waals surface area contributed by atoms with E-state index in [2.05, 4.69) is 42.3 Å². The first-order valence-corrected chi connectivity index (χ1v) is 6.81. The minimum absolute atomic E-state index is 0.622. The minimum Gasteiger partial charge on any atom is -0.316 e. The summed E-state index contributed by atoms with van der Waals surface area (Å²) in [5.74, 6) is 0.622. The maximum Gasteiger partial charge on any atom is 0.0737 e. The molecule has 1 aromatic heterocycles. The smallest absolute Gasteiger partial charge is 0.0737 e. The van der Waals surface area contributed by atoms with Crippen molar-refractivity contribution in [1.82, 2.24) is 10.3 Å². The van der Waals surface area contributed by atoms with Crippen LogP contribution in [0.1, 0.15) is 35.4 Å². The summed E-state index contributed by atoms with van der Waals surface area (Å²) in [4.78, 5) is 4.67. The number of nitrogens with one attached hydrogen (secondary N) is 1. The maximum absolute atomic E-state index is 4.67. The molecule has 18 heavy (non-hydrogen) atoms. The van der Waals surface area contributed by atoms with E-state index in [1.54, 1.807) is 0 Å². The number of piperidine rings is 1. The molecule has 1 N–H and O–H groups in total. The normalized spacial score (nSPS) is 20.2. The fourth-order valence-corrected chi connectivity index (χ4v) is 2.97. The highest BCUT2D eigenvalue weighted by Gasteiger charge is 2.18. The lowest BCUT2D eigenvalue weighted by Crippen LogP contribution is -2.28. The van der Waals surface area contributed by atoms with Crippen molar-refractivity contribution in [2.45, 2.75) is 32.6 Å². The number of aromatic nitrogens is 1. The molecule has 0 saturated carbocycles. The molecular weight excluding hydrogens is 220 g/mol. The summed E-state index contributed by atoms with van der Waals surface area (Å²) in [6.45, 7) is 6.54. The number of benzene rings is 1. The molecule has 1 aliphatic heterocycles. The Balaban J connectivity index is 2.14. The Morgan fingerprint density at radius 2 is 2.00 bits per heavy atom. The number of nitrogens with zero attached hydrogens (tertiary/aromatic N) is 1. The number of hydrogen-bond donors (Lipinski definition) is 1. The first-order valence-electron chi connectivity index (χ1n) is 6.81. The van der Waals surface area contributed by atoms with Gasteiger partial charge in [-0.2, -0.15) is 0 Å². The molecule has 0 radical (unpaired) electrons. The van der Waals surface area contributed by atoms with E-state index in [1.807, 2.05) is 6.20 Å². The van der Waals surface area contributed by atoms with Crippen LogP contribution in [-0.2, 0) is 0 Å². The van der Waals surface area contributed by atoms with Crippen LogP contribution < -0.4 is 5.32 Å². The van der Waals surface area contributed by atoms with Gasteiger partial charge in [0.25, 0.3) is 0 Å². The van der Waals surface area contributed by atoms with Crippen LogP contribution in [0.5, 0.6) is 0 Å². The fraction of sp³-hybridized carbons (Fsp3) is 0.438.